The summed E-state index contributed by atoms with van der Waals surface area (Å²) in [5.41, 5.74) is 3.63. The summed E-state index contributed by atoms with van der Waals surface area (Å²) in [7, 11) is 0. The van der Waals surface area contributed by atoms with Crippen molar-refractivity contribution in [1.82, 2.24) is 9.88 Å². The monoisotopic (exact) mass is 495 g/mol. The fraction of sp³-hybridized carbons (Fsp3) is 0.138. The maximum absolute atomic E-state index is 12.8. The Labute approximate surface area is 213 Å². The summed E-state index contributed by atoms with van der Waals surface area (Å²) in [4.78, 5) is 32.6. The van der Waals surface area contributed by atoms with Crippen molar-refractivity contribution >= 4 is 34.4 Å². The summed E-state index contributed by atoms with van der Waals surface area (Å²) >= 11 is 1.42. The smallest absolute Gasteiger partial charge is 0.254 e. The summed E-state index contributed by atoms with van der Waals surface area (Å²) in [6, 6.07) is 26.9. The molecule has 2 amide bonds. The van der Waals surface area contributed by atoms with Crippen LogP contribution in [-0.4, -0.2) is 28.2 Å². The van der Waals surface area contributed by atoms with Crippen LogP contribution in [0.2, 0.25) is 0 Å². The van der Waals surface area contributed by atoms with Gasteiger partial charge in [-0.05, 0) is 41.5 Å². The number of hydrogen-bond donors (Lipinski definition) is 1. The van der Waals surface area contributed by atoms with Crippen LogP contribution >= 0.6 is 11.3 Å². The molecule has 0 radical (unpaired) electrons. The Bertz CT molecular complexity index is 1370. The average molecular weight is 496 g/mol. The topological polar surface area (TPSA) is 71.5 Å². The van der Waals surface area contributed by atoms with Crippen molar-refractivity contribution in [2.45, 2.75) is 19.6 Å². The van der Waals surface area contributed by atoms with Crippen LogP contribution in [0.5, 0.6) is 5.75 Å². The maximum atomic E-state index is 12.8. The molecule has 36 heavy (non-hydrogen) atoms. The SMILES string of the molecule is O=C(/C=C/c1ccc(OCc2ccccc2)cc1)Nc1nc2c(s1)CN(C(=O)c1ccccc1)CC2. The fourth-order valence-electron chi connectivity index (χ4n) is 3.92. The number of rotatable bonds is 7. The summed E-state index contributed by atoms with van der Waals surface area (Å²) in [5.74, 6) is 0.538. The standard InChI is InChI=1S/C29H25N3O3S/c33-27(16-13-21-11-14-24(15-12-21)35-20-22-7-3-1-4-8-22)31-29-30-25-17-18-32(19-26(25)36-29)28(34)23-9-5-2-6-10-23/h1-16H,17-20H2,(H,30,31,33)/b16-13+. The molecule has 2 heterocycles. The van der Waals surface area contributed by atoms with Gasteiger partial charge >= 0.3 is 0 Å². The van der Waals surface area contributed by atoms with Crippen molar-refractivity contribution in [2.24, 2.45) is 0 Å². The molecular formula is C29H25N3O3S. The molecule has 0 bridgehead atoms. The van der Waals surface area contributed by atoms with Gasteiger partial charge in [0.15, 0.2) is 5.13 Å². The molecule has 4 aromatic rings. The van der Waals surface area contributed by atoms with Crippen molar-refractivity contribution in [3.05, 3.63) is 118 Å². The van der Waals surface area contributed by atoms with Gasteiger partial charge < -0.3 is 9.64 Å². The van der Waals surface area contributed by atoms with Crippen molar-refractivity contribution in [3.8, 4) is 5.75 Å². The van der Waals surface area contributed by atoms with Gasteiger partial charge in [0.05, 0.1) is 12.2 Å². The van der Waals surface area contributed by atoms with E-state index in [2.05, 4.69) is 10.3 Å². The molecule has 1 N–H and O–H groups in total. The van der Waals surface area contributed by atoms with Gasteiger partial charge in [0.1, 0.15) is 12.4 Å². The summed E-state index contributed by atoms with van der Waals surface area (Å²) < 4.78 is 5.80. The fourth-order valence-corrected chi connectivity index (χ4v) is 4.95. The van der Waals surface area contributed by atoms with Crippen LogP contribution in [0.25, 0.3) is 6.08 Å². The molecule has 1 aromatic heterocycles. The Balaban J connectivity index is 1.14. The molecule has 0 fully saturated rings. The molecule has 0 saturated heterocycles. The third-order valence-electron chi connectivity index (χ3n) is 5.82. The molecule has 180 valence electrons. The molecule has 3 aromatic carbocycles. The molecule has 0 aliphatic carbocycles. The highest BCUT2D eigenvalue weighted by molar-refractivity contribution is 7.15. The highest BCUT2D eigenvalue weighted by Gasteiger charge is 2.25. The first-order valence-electron chi connectivity index (χ1n) is 11.7. The predicted octanol–water partition coefficient (Wildman–Crippen LogP) is 5.57. The summed E-state index contributed by atoms with van der Waals surface area (Å²) in [6.45, 7) is 1.63. The molecule has 0 atom stereocenters. The van der Waals surface area contributed by atoms with Gasteiger partial charge in [-0.25, -0.2) is 4.98 Å². The van der Waals surface area contributed by atoms with E-state index >= 15 is 0 Å². The van der Waals surface area contributed by atoms with Crippen LogP contribution in [0, 0.1) is 0 Å². The molecule has 1 aliphatic rings. The van der Waals surface area contributed by atoms with Crippen LogP contribution in [-0.2, 0) is 24.4 Å². The number of carbonyl (C=O) groups excluding carboxylic acids is 2. The first-order valence-corrected chi connectivity index (χ1v) is 12.5. The number of carbonyl (C=O) groups is 2. The third kappa shape index (κ3) is 5.87. The first-order chi connectivity index (χ1) is 17.6. The van der Waals surface area contributed by atoms with Crippen molar-refractivity contribution in [2.75, 3.05) is 11.9 Å². The molecule has 5 rings (SSSR count). The number of benzene rings is 3. The number of ether oxygens (including phenoxy) is 1. The van der Waals surface area contributed by atoms with E-state index in [0.717, 1.165) is 27.4 Å². The number of nitrogens with one attached hydrogen (secondary N) is 1. The number of nitrogens with zero attached hydrogens (tertiary/aromatic N) is 2. The van der Waals surface area contributed by atoms with Crippen molar-refractivity contribution in [3.63, 3.8) is 0 Å². The minimum absolute atomic E-state index is 0.0136. The van der Waals surface area contributed by atoms with E-state index in [1.54, 1.807) is 6.08 Å². The number of amides is 2. The van der Waals surface area contributed by atoms with E-state index in [1.807, 2.05) is 89.8 Å². The van der Waals surface area contributed by atoms with Gasteiger partial charge in [0, 0.05) is 29.5 Å². The van der Waals surface area contributed by atoms with E-state index < -0.39 is 0 Å². The lowest BCUT2D eigenvalue weighted by Gasteiger charge is -2.26. The molecule has 7 heteroatoms. The lowest BCUT2D eigenvalue weighted by atomic mass is 10.1. The zero-order valence-corrected chi connectivity index (χ0v) is 20.4. The van der Waals surface area contributed by atoms with E-state index in [4.69, 9.17) is 4.74 Å². The lowest BCUT2D eigenvalue weighted by molar-refractivity contribution is -0.111. The molecule has 6 nitrogen and oxygen atoms in total. The second-order valence-corrected chi connectivity index (χ2v) is 9.48. The summed E-state index contributed by atoms with van der Waals surface area (Å²) in [5, 5.41) is 3.40. The Morgan fingerprint density at radius 1 is 0.972 bits per heavy atom. The number of hydrogen-bond acceptors (Lipinski definition) is 5. The predicted molar refractivity (Wildman–Crippen MR) is 142 cm³/mol. The Hall–Kier alpha value is -4.23. The number of aromatic nitrogens is 1. The number of thiazole rings is 1. The zero-order chi connectivity index (χ0) is 24.7. The second kappa shape index (κ2) is 11.0. The Morgan fingerprint density at radius 2 is 1.69 bits per heavy atom. The Kier molecular flexibility index (Phi) is 7.19. The van der Waals surface area contributed by atoms with E-state index in [9.17, 15) is 9.59 Å². The number of anilines is 1. The van der Waals surface area contributed by atoms with Gasteiger partial charge in [0.25, 0.3) is 5.91 Å². The van der Waals surface area contributed by atoms with E-state index in [0.29, 0.717) is 36.8 Å². The van der Waals surface area contributed by atoms with E-state index in [-0.39, 0.29) is 11.8 Å². The quantitative estimate of drug-likeness (QED) is 0.340. The maximum Gasteiger partial charge on any atom is 0.254 e. The normalized spacial score (nSPS) is 12.8. The average Bonchev–Trinajstić information content (AvgIpc) is 3.33. The largest absolute Gasteiger partial charge is 0.489 e. The highest BCUT2D eigenvalue weighted by Crippen LogP contribution is 2.29. The first kappa shape index (κ1) is 23.5. The Morgan fingerprint density at radius 3 is 2.44 bits per heavy atom. The van der Waals surface area contributed by atoms with Crippen molar-refractivity contribution in [1.29, 1.82) is 0 Å². The van der Waals surface area contributed by atoms with Gasteiger partial charge in [-0.15, -0.1) is 0 Å². The van der Waals surface area contributed by atoms with Gasteiger partial charge in [-0.3, -0.25) is 14.9 Å². The number of fused-ring (bicyclic) bond motifs is 1. The second-order valence-electron chi connectivity index (χ2n) is 8.40. The lowest BCUT2D eigenvalue weighted by Crippen LogP contribution is -2.35. The molecule has 0 spiro atoms. The third-order valence-corrected chi connectivity index (χ3v) is 6.82. The van der Waals surface area contributed by atoms with Crippen LogP contribution in [0.3, 0.4) is 0 Å². The van der Waals surface area contributed by atoms with Crippen LogP contribution in [0.15, 0.2) is 91.0 Å². The van der Waals surface area contributed by atoms with Gasteiger partial charge in [0.2, 0.25) is 5.91 Å². The van der Waals surface area contributed by atoms with Gasteiger partial charge in [-0.1, -0.05) is 72.0 Å². The minimum Gasteiger partial charge on any atom is -0.489 e. The highest BCUT2D eigenvalue weighted by atomic mass is 32.1. The summed E-state index contributed by atoms with van der Waals surface area (Å²) in [6.07, 6.45) is 3.92. The molecular weight excluding hydrogens is 470 g/mol. The zero-order valence-electron chi connectivity index (χ0n) is 19.6. The minimum atomic E-state index is -0.247. The van der Waals surface area contributed by atoms with Gasteiger partial charge in [-0.2, -0.15) is 0 Å². The molecule has 0 unspecified atom stereocenters. The van der Waals surface area contributed by atoms with E-state index in [1.165, 1.54) is 17.4 Å². The van der Waals surface area contributed by atoms with Crippen LogP contribution in [0.4, 0.5) is 5.13 Å². The van der Waals surface area contributed by atoms with Crippen LogP contribution < -0.4 is 10.1 Å². The molecule has 0 saturated carbocycles. The molecule has 1 aliphatic heterocycles. The van der Waals surface area contributed by atoms with Crippen LogP contribution in [0.1, 0.15) is 32.1 Å². The van der Waals surface area contributed by atoms with Crippen molar-refractivity contribution < 1.29 is 14.3 Å².